The number of benzene rings is 2. The zero-order chi connectivity index (χ0) is 21.9. The molecule has 1 aliphatic heterocycles. The molecule has 168 valence electrons. The normalized spacial score (nSPS) is 16.6. The molecule has 0 saturated carbocycles. The van der Waals surface area contributed by atoms with E-state index in [9.17, 15) is 4.79 Å². The Morgan fingerprint density at radius 1 is 1.06 bits per heavy atom. The number of hydrogen-bond acceptors (Lipinski definition) is 5. The lowest BCUT2D eigenvalue weighted by Crippen LogP contribution is -2.43. The quantitative estimate of drug-likeness (QED) is 0.598. The summed E-state index contributed by atoms with van der Waals surface area (Å²) in [6.07, 6.45) is 3.02. The highest BCUT2D eigenvalue weighted by Crippen LogP contribution is 2.27. The fourth-order valence-electron chi connectivity index (χ4n) is 3.99. The van der Waals surface area contributed by atoms with Crippen molar-refractivity contribution in [2.45, 2.75) is 25.9 Å². The summed E-state index contributed by atoms with van der Waals surface area (Å²) >= 11 is 0. The first-order valence-corrected chi connectivity index (χ1v) is 11.0. The van der Waals surface area contributed by atoms with Crippen LogP contribution in [0.2, 0.25) is 0 Å². The molecular weight excluding hydrogens is 392 g/mol. The Bertz CT molecular complexity index is 812. The minimum atomic E-state index is 0.0753. The molecule has 6 nitrogen and oxygen atoms in total. The van der Waals surface area contributed by atoms with Crippen molar-refractivity contribution in [3.63, 3.8) is 0 Å². The minimum Gasteiger partial charge on any atom is -0.493 e. The summed E-state index contributed by atoms with van der Waals surface area (Å²) in [6.45, 7) is 4.32. The van der Waals surface area contributed by atoms with E-state index in [1.54, 1.807) is 14.2 Å². The first kappa shape index (κ1) is 23.1. The molecule has 2 aromatic carbocycles. The number of likely N-dealkylation sites (tertiary alicyclic amines) is 1. The van der Waals surface area contributed by atoms with Crippen molar-refractivity contribution < 1.29 is 19.0 Å². The summed E-state index contributed by atoms with van der Waals surface area (Å²) < 4.78 is 16.5. The molecular formula is C25H34N2O4. The number of hydrogen-bond donors (Lipinski definition) is 1. The van der Waals surface area contributed by atoms with Crippen LogP contribution in [0.4, 0.5) is 0 Å². The number of rotatable bonds is 11. The lowest BCUT2D eigenvalue weighted by molar-refractivity contribution is -0.122. The van der Waals surface area contributed by atoms with Crippen molar-refractivity contribution in [1.29, 1.82) is 0 Å². The number of ether oxygens (including phenoxy) is 3. The number of carbonyl (C=O) groups excluding carboxylic acids is 1. The number of carbonyl (C=O) groups is 1. The lowest BCUT2D eigenvalue weighted by Gasteiger charge is -2.32. The number of nitrogens with one attached hydrogen (secondary N) is 1. The van der Waals surface area contributed by atoms with Crippen molar-refractivity contribution in [3.8, 4) is 11.5 Å². The van der Waals surface area contributed by atoms with Crippen LogP contribution in [0, 0.1) is 5.92 Å². The molecule has 1 saturated heterocycles. The van der Waals surface area contributed by atoms with Crippen LogP contribution < -0.4 is 14.8 Å². The van der Waals surface area contributed by atoms with Gasteiger partial charge in [-0.1, -0.05) is 36.4 Å². The largest absolute Gasteiger partial charge is 0.493 e. The van der Waals surface area contributed by atoms with Crippen LogP contribution >= 0.6 is 0 Å². The smallest absolute Gasteiger partial charge is 0.234 e. The molecule has 0 aromatic heterocycles. The van der Waals surface area contributed by atoms with Gasteiger partial charge in [0.1, 0.15) is 0 Å². The first-order chi connectivity index (χ1) is 15.2. The van der Waals surface area contributed by atoms with Gasteiger partial charge in [0.25, 0.3) is 0 Å². The van der Waals surface area contributed by atoms with Crippen molar-refractivity contribution in [2.75, 3.05) is 47.0 Å². The summed E-state index contributed by atoms with van der Waals surface area (Å²) in [5.41, 5.74) is 2.30. The van der Waals surface area contributed by atoms with E-state index in [1.807, 2.05) is 36.4 Å². The monoisotopic (exact) mass is 426 g/mol. The van der Waals surface area contributed by atoms with Gasteiger partial charge in [-0.2, -0.15) is 0 Å². The second kappa shape index (κ2) is 12.3. The zero-order valence-electron chi connectivity index (χ0n) is 18.6. The van der Waals surface area contributed by atoms with Crippen molar-refractivity contribution in [2.24, 2.45) is 5.92 Å². The number of methoxy groups -OCH3 is 2. The maximum atomic E-state index is 12.4. The molecule has 3 rings (SSSR count). The third-order valence-corrected chi connectivity index (χ3v) is 5.62. The topological polar surface area (TPSA) is 60.0 Å². The number of piperidine rings is 1. The van der Waals surface area contributed by atoms with Gasteiger partial charge in [0.2, 0.25) is 5.91 Å². The van der Waals surface area contributed by atoms with E-state index in [4.69, 9.17) is 14.2 Å². The molecule has 1 heterocycles. The van der Waals surface area contributed by atoms with Gasteiger partial charge in [0.15, 0.2) is 11.5 Å². The second-order valence-corrected chi connectivity index (χ2v) is 8.03. The second-order valence-electron chi connectivity index (χ2n) is 8.03. The highest BCUT2D eigenvalue weighted by Gasteiger charge is 2.21. The van der Waals surface area contributed by atoms with E-state index in [0.717, 1.165) is 44.5 Å². The first-order valence-electron chi connectivity index (χ1n) is 11.0. The summed E-state index contributed by atoms with van der Waals surface area (Å²) in [7, 11) is 3.25. The Morgan fingerprint density at radius 2 is 1.87 bits per heavy atom. The van der Waals surface area contributed by atoms with Crippen LogP contribution in [0.25, 0.3) is 0 Å². The van der Waals surface area contributed by atoms with E-state index in [2.05, 4.69) is 22.3 Å². The van der Waals surface area contributed by atoms with Gasteiger partial charge in [-0.25, -0.2) is 0 Å². The van der Waals surface area contributed by atoms with Crippen LogP contribution in [-0.4, -0.2) is 57.8 Å². The zero-order valence-corrected chi connectivity index (χ0v) is 18.6. The minimum absolute atomic E-state index is 0.0753. The van der Waals surface area contributed by atoms with Gasteiger partial charge in [-0.05, 0) is 55.0 Å². The molecule has 0 aliphatic carbocycles. The molecule has 1 N–H and O–H groups in total. The molecule has 0 unspecified atom stereocenters. The van der Waals surface area contributed by atoms with Crippen LogP contribution in [0.3, 0.4) is 0 Å². The Balaban J connectivity index is 1.35. The summed E-state index contributed by atoms with van der Waals surface area (Å²) in [5.74, 6) is 1.98. The van der Waals surface area contributed by atoms with Crippen molar-refractivity contribution in [1.82, 2.24) is 10.2 Å². The van der Waals surface area contributed by atoms with Gasteiger partial charge in [-0.3, -0.25) is 9.69 Å². The molecule has 6 heteroatoms. The van der Waals surface area contributed by atoms with E-state index in [0.29, 0.717) is 37.1 Å². The van der Waals surface area contributed by atoms with Crippen LogP contribution in [0.15, 0.2) is 48.5 Å². The highest BCUT2D eigenvalue weighted by atomic mass is 16.5. The third kappa shape index (κ3) is 7.56. The van der Waals surface area contributed by atoms with E-state index in [1.165, 1.54) is 5.56 Å². The summed E-state index contributed by atoms with van der Waals surface area (Å²) in [5, 5.41) is 3.04. The van der Waals surface area contributed by atoms with Crippen LogP contribution in [0.1, 0.15) is 24.0 Å². The predicted molar refractivity (Wildman–Crippen MR) is 122 cm³/mol. The number of nitrogens with zero attached hydrogens (tertiary/aromatic N) is 1. The van der Waals surface area contributed by atoms with Gasteiger partial charge in [-0.15, -0.1) is 0 Å². The van der Waals surface area contributed by atoms with Gasteiger partial charge in [0, 0.05) is 13.1 Å². The Morgan fingerprint density at radius 3 is 2.65 bits per heavy atom. The fraction of sp³-hybridized carbons (Fsp3) is 0.480. The average molecular weight is 427 g/mol. The molecule has 1 aliphatic rings. The van der Waals surface area contributed by atoms with Crippen LogP contribution in [0.5, 0.6) is 11.5 Å². The van der Waals surface area contributed by atoms with Gasteiger partial charge >= 0.3 is 0 Å². The highest BCUT2D eigenvalue weighted by molar-refractivity contribution is 5.78. The van der Waals surface area contributed by atoms with Crippen molar-refractivity contribution in [3.05, 3.63) is 59.7 Å². The molecule has 0 radical (unpaired) electrons. The Labute approximate surface area is 185 Å². The molecule has 0 spiro atoms. The average Bonchev–Trinajstić information content (AvgIpc) is 2.80. The van der Waals surface area contributed by atoms with Gasteiger partial charge in [0.05, 0.1) is 34.0 Å². The summed E-state index contributed by atoms with van der Waals surface area (Å²) in [6, 6.07) is 16.1. The molecule has 31 heavy (non-hydrogen) atoms. The Hall–Kier alpha value is -2.57. The Kier molecular flexibility index (Phi) is 9.18. The molecule has 1 amide bonds. The SMILES string of the molecule is COc1ccc(CCNC(=O)CN2CCC[C@H](COCc3ccccc3)C2)cc1OC. The summed E-state index contributed by atoms with van der Waals surface area (Å²) in [4.78, 5) is 14.6. The lowest BCUT2D eigenvalue weighted by atomic mass is 9.99. The molecule has 2 aromatic rings. The molecule has 0 bridgehead atoms. The maximum absolute atomic E-state index is 12.4. The van der Waals surface area contributed by atoms with Crippen molar-refractivity contribution >= 4 is 5.91 Å². The maximum Gasteiger partial charge on any atom is 0.234 e. The molecule has 1 atom stereocenters. The fourth-order valence-corrected chi connectivity index (χ4v) is 3.99. The molecule has 1 fully saturated rings. The van der Waals surface area contributed by atoms with E-state index in [-0.39, 0.29) is 5.91 Å². The predicted octanol–water partition coefficient (Wildman–Crippen LogP) is 3.29. The van der Waals surface area contributed by atoms with Crippen LogP contribution in [-0.2, 0) is 22.6 Å². The number of amides is 1. The standard InChI is InChI=1S/C25H34N2O4/c1-29-23-11-10-20(15-24(23)30-2)12-13-26-25(28)17-27-14-6-9-22(16-27)19-31-18-21-7-4-3-5-8-21/h3-5,7-8,10-11,15,22H,6,9,12-14,16-19H2,1-2H3,(H,26,28)/t22-/m0/s1. The van der Waals surface area contributed by atoms with E-state index >= 15 is 0 Å². The third-order valence-electron chi connectivity index (χ3n) is 5.62. The van der Waals surface area contributed by atoms with Gasteiger partial charge < -0.3 is 19.5 Å². The van der Waals surface area contributed by atoms with E-state index < -0.39 is 0 Å².